The van der Waals surface area contributed by atoms with Crippen LogP contribution in [0.15, 0.2) is 0 Å². The van der Waals surface area contributed by atoms with E-state index in [-0.39, 0.29) is 6.61 Å². The molecule has 0 radical (unpaired) electrons. The van der Waals surface area contributed by atoms with Gasteiger partial charge in [-0.2, -0.15) is 0 Å². The third-order valence-electron chi connectivity index (χ3n) is 0.311. The molecule has 0 aliphatic heterocycles. The van der Waals surface area contributed by atoms with Crippen LogP contribution in [0.25, 0.3) is 0 Å². The Hall–Kier alpha value is 0.620. The first kappa shape index (κ1) is 7.62. The Labute approximate surface area is 52.9 Å². The number of hydrogen-bond donors (Lipinski definition) is 2. The number of thiol groups is 1. The molecule has 0 spiro atoms. The van der Waals surface area contributed by atoms with E-state index in [2.05, 4.69) is 12.6 Å². The van der Waals surface area contributed by atoms with Gasteiger partial charge >= 0.3 is 0 Å². The highest BCUT2D eigenvalue weighted by Crippen LogP contribution is 2.00. The number of aliphatic hydroxyl groups excluding tert-OH is 1. The maximum Gasteiger partial charge on any atom is 0.104 e. The fourth-order valence-corrected chi connectivity index (χ4v) is 0.624. The van der Waals surface area contributed by atoms with E-state index < -0.39 is 0 Å². The summed E-state index contributed by atoms with van der Waals surface area (Å²) in [5, 5.41) is 8.17. The standard InChI is InChI=1S/C3H8O2S2/c4-1-2-7-5-3-6/h4,6H,1-3H2. The zero-order valence-electron chi connectivity index (χ0n) is 3.83. The summed E-state index contributed by atoms with van der Waals surface area (Å²) >= 11 is 5.00. The van der Waals surface area contributed by atoms with Crippen molar-refractivity contribution in [3.8, 4) is 0 Å². The molecule has 0 rings (SSSR count). The van der Waals surface area contributed by atoms with E-state index in [0.29, 0.717) is 11.7 Å². The van der Waals surface area contributed by atoms with E-state index >= 15 is 0 Å². The van der Waals surface area contributed by atoms with Gasteiger partial charge in [-0.3, -0.25) is 0 Å². The number of aliphatic hydroxyl groups is 1. The van der Waals surface area contributed by atoms with Gasteiger partial charge in [0.05, 0.1) is 6.61 Å². The lowest BCUT2D eigenvalue weighted by Gasteiger charge is -1.92. The molecule has 0 atom stereocenters. The molecule has 2 nitrogen and oxygen atoms in total. The molecule has 0 saturated heterocycles. The largest absolute Gasteiger partial charge is 0.395 e. The molecule has 0 aromatic rings. The second-order valence-corrected chi connectivity index (χ2v) is 1.93. The fraction of sp³-hybridized carbons (Fsp3) is 1.00. The summed E-state index contributed by atoms with van der Waals surface area (Å²) in [6, 6.07) is 0. The minimum absolute atomic E-state index is 0.165. The Morgan fingerprint density at radius 3 is 2.86 bits per heavy atom. The minimum atomic E-state index is 0.165. The summed E-state index contributed by atoms with van der Waals surface area (Å²) in [6.07, 6.45) is 0. The average molecular weight is 140 g/mol. The predicted octanol–water partition coefficient (Wildman–Crippen LogP) is 0.531. The first-order valence-corrected chi connectivity index (χ1v) is 3.42. The Balaban J connectivity index is 2.45. The summed E-state index contributed by atoms with van der Waals surface area (Å²) in [4.78, 5) is 0. The monoisotopic (exact) mass is 140 g/mol. The molecular formula is C3H8O2S2. The Morgan fingerprint density at radius 1 is 1.71 bits per heavy atom. The van der Waals surface area contributed by atoms with E-state index in [0.717, 1.165) is 0 Å². The van der Waals surface area contributed by atoms with Gasteiger partial charge in [0.1, 0.15) is 5.94 Å². The lowest BCUT2D eigenvalue weighted by molar-refractivity contribution is 0.319. The molecule has 44 valence electrons. The quantitative estimate of drug-likeness (QED) is 0.258. The van der Waals surface area contributed by atoms with Crippen molar-refractivity contribution in [3.05, 3.63) is 0 Å². The van der Waals surface area contributed by atoms with Crippen LogP contribution in [0.5, 0.6) is 0 Å². The third kappa shape index (κ3) is 6.62. The van der Waals surface area contributed by atoms with Crippen LogP contribution in [-0.4, -0.2) is 23.4 Å². The zero-order valence-corrected chi connectivity index (χ0v) is 5.54. The highest BCUT2D eigenvalue weighted by Gasteiger charge is 1.81. The summed E-state index contributed by atoms with van der Waals surface area (Å²) in [5.74, 6) is 1.03. The van der Waals surface area contributed by atoms with Crippen LogP contribution < -0.4 is 0 Å². The van der Waals surface area contributed by atoms with Crippen molar-refractivity contribution in [3.63, 3.8) is 0 Å². The minimum Gasteiger partial charge on any atom is -0.395 e. The topological polar surface area (TPSA) is 29.5 Å². The van der Waals surface area contributed by atoms with E-state index in [1.165, 1.54) is 12.0 Å². The van der Waals surface area contributed by atoms with E-state index in [4.69, 9.17) is 9.29 Å². The highest BCUT2D eigenvalue weighted by molar-refractivity contribution is 7.95. The van der Waals surface area contributed by atoms with Crippen LogP contribution >= 0.6 is 24.7 Å². The van der Waals surface area contributed by atoms with Crippen molar-refractivity contribution < 1.29 is 9.29 Å². The molecule has 0 unspecified atom stereocenters. The van der Waals surface area contributed by atoms with Gasteiger partial charge in [-0.25, -0.2) is 0 Å². The van der Waals surface area contributed by atoms with Crippen LogP contribution in [0.2, 0.25) is 0 Å². The second-order valence-electron chi connectivity index (χ2n) is 0.793. The molecular weight excluding hydrogens is 132 g/mol. The summed E-state index contributed by atoms with van der Waals surface area (Å²) < 4.78 is 4.69. The molecule has 0 aromatic heterocycles. The summed E-state index contributed by atoms with van der Waals surface area (Å²) in [5.41, 5.74) is 0. The van der Waals surface area contributed by atoms with E-state index in [1.54, 1.807) is 0 Å². The predicted molar refractivity (Wildman–Crippen MR) is 34.5 cm³/mol. The molecule has 0 heterocycles. The zero-order chi connectivity index (χ0) is 5.54. The van der Waals surface area contributed by atoms with Crippen LogP contribution in [0.1, 0.15) is 0 Å². The lowest BCUT2D eigenvalue weighted by atomic mass is 10.9. The Kier molecular flexibility index (Phi) is 7.21. The van der Waals surface area contributed by atoms with E-state index in [1.807, 2.05) is 0 Å². The van der Waals surface area contributed by atoms with Crippen LogP contribution in [-0.2, 0) is 4.18 Å². The molecule has 0 aliphatic rings. The van der Waals surface area contributed by atoms with Gasteiger partial charge in [-0.15, -0.1) is 12.6 Å². The molecule has 1 N–H and O–H groups in total. The smallest absolute Gasteiger partial charge is 0.104 e. The SMILES string of the molecule is OCCSOCS. The van der Waals surface area contributed by atoms with Crippen molar-refractivity contribution in [1.29, 1.82) is 0 Å². The van der Waals surface area contributed by atoms with Crippen LogP contribution in [0.3, 0.4) is 0 Å². The molecule has 0 aromatic carbocycles. The van der Waals surface area contributed by atoms with Crippen molar-refractivity contribution in [2.45, 2.75) is 0 Å². The van der Waals surface area contributed by atoms with Gasteiger partial charge in [-0.05, 0) is 12.0 Å². The molecule has 0 saturated carbocycles. The van der Waals surface area contributed by atoms with Crippen LogP contribution in [0.4, 0.5) is 0 Å². The third-order valence-corrected chi connectivity index (χ3v) is 1.25. The summed E-state index contributed by atoms with van der Waals surface area (Å²) in [7, 11) is 0. The van der Waals surface area contributed by atoms with Crippen molar-refractivity contribution in [2.75, 3.05) is 18.3 Å². The van der Waals surface area contributed by atoms with Crippen molar-refractivity contribution >= 4 is 24.7 Å². The Morgan fingerprint density at radius 2 is 2.43 bits per heavy atom. The maximum absolute atomic E-state index is 8.17. The molecule has 0 amide bonds. The molecule has 7 heavy (non-hydrogen) atoms. The van der Waals surface area contributed by atoms with Gasteiger partial charge in [0.15, 0.2) is 0 Å². The number of rotatable bonds is 4. The molecule has 4 heteroatoms. The van der Waals surface area contributed by atoms with Crippen molar-refractivity contribution in [2.24, 2.45) is 0 Å². The fourth-order valence-electron chi connectivity index (χ4n) is 0.133. The summed E-state index contributed by atoms with van der Waals surface area (Å²) in [6.45, 7) is 0.165. The molecule has 0 fully saturated rings. The van der Waals surface area contributed by atoms with Crippen LogP contribution in [0, 0.1) is 0 Å². The normalized spacial score (nSPS) is 9.43. The first-order chi connectivity index (χ1) is 3.41. The highest BCUT2D eigenvalue weighted by atomic mass is 32.2. The Bertz CT molecular complexity index is 30.1. The van der Waals surface area contributed by atoms with Gasteiger partial charge in [0, 0.05) is 5.75 Å². The molecule has 0 aliphatic carbocycles. The van der Waals surface area contributed by atoms with Gasteiger partial charge < -0.3 is 9.29 Å². The first-order valence-electron chi connectivity index (χ1n) is 1.88. The molecule has 0 bridgehead atoms. The lowest BCUT2D eigenvalue weighted by Crippen LogP contribution is -1.86. The maximum atomic E-state index is 8.17. The van der Waals surface area contributed by atoms with Gasteiger partial charge in [0.25, 0.3) is 0 Å². The van der Waals surface area contributed by atoms with Gasteiger partial charge in [0.2, 0.25) is 0 Å². The van der Waals surface area contributed by atoms with E-state index in [9.17, 15) is 0 Å². The second kappa shape index (κ2) is 6.62. The van der Waals surface area contributed by atoms with Gasteiger partial charge in [-0.1, -0.05) is 0 Å². The average Bonchev–Trinajstić information content (AvgIpc) is 1.69. The van der Waals surface area contributed by atoms with Crippen molar-refractivity contribution in [1.82, 2.24) is 0 Å². The number of hydrogen-bond acceptors (Lipinski definition) is 4.